The highest BCUT2D eigenvalue weighted by molar-refractivity contribution is 5.76. The third-order valence-corrected chi connectivity index (χ3v) is 4.92. The summed E-state index contributed by atoms with van der Waals surface area (Å²) in [5.41, 5.74) is 3.94. The Morgan fingerprint density at radius 3 is 1.39 bits per heavy atom. The van der Waals surface area contributed by atoms with Gasteiger partial charge in [-0.05, 0) is 47.5 Å². The van der Waals surface area contributed by atoms with Crippen LogP contribution < -0.4 is 15.2 Å². The Balaban J connectivity index is 1.73. The van der Waals surface area contributed by atoms with Gasteiger partial charge in [0.2, 0.25) is 0 Å². The van der Waals surface area contributed by atoms with Crippen LogP contribution in [-0.2, 0) is 13.1 Å². The van der Waals surface area contributed by atoms with Gasteiger partial charge in [0.15, 0.2) is 0 Å². The normalized spacial score (nSPS) is 10.9. The molecule has 28 heavy (non-hydrogen) atoms. The van der Waals surface area contributed by atoms with E-state index in [2.05, 4.69) is 0 Å². The summed E-state index contributed by atoms with van der Waals surface area (Å²) in [6, 6.07) is 23.5. The van der Waals surface area contributed by atoms with E-state index in [1.807, 2.05) is 81.9 Å². The lowest BCUT2D eigenvalue weighted by molar-refractivity contribution is 0.414. The fourth-order valence-electron chi connectivity index (χ4n) is 3.41. The largest absolute Gasteiger partial charge is 0.497 e. The number of hydrogen-bond acceptors (Lipinski definition) is 3. The summed E-state index contributed by atoms with van der Waals surface area (Å²) >= 11 is 0. The molecule has 1 aromatic heterocycles. The summed E-state index contributed by atoms with van der Waals surface area (Å²) in [7, 11) is 3.29. The van der Waals surface area contributed by atoms with Crippen molar-refractivity contribution in [2.75, 3.05) is 14.2 Å². The number of aromatic nitrogens is 2. The fraction of sp³-hybridized carbons (Fsp3) is 0.174. The number of hydrogen-bond donors (Lipinski definition) is 0. The Morgan fingerprint density at radius 2 is 1.04 bits per heavy atom. The van der Waals surface area contributed by atoms with Crippen LogP contribution >= 0.6 is 0 Å². The highest BCUT2D eigenvalue weighted by atomic mass is 16.5. The summed E-state index contributed by atoms with van der Waals surface area (Å²) in [5.74, 6) is 1.61. The molecule has 0 bridgehead atoms. The number of fused-ring (bicyclic) bond motifs is 1. The molecule has 0 amide bonds. The van der Waals surface area contributed by atoms with Gasteiger partial charge in [-0.3, -0.25) is 9.13 Å². The predicted octanol–water partition coefficient (Wildman–Crippen LogP) is 3.92. The van der Waals surface area contributed by atoms with Gasteiger partial charge in [0.25, 0.3) is 0 Å². The van der Waals surface area contributed by atoms with Gasteiger partial charge in [-0.25, -0.2) is 4.79 Å². The summed E-state index contributed by atoms with van der Waals surface area (Å²) < 4.78 is 14.1. The molecule has 0 atom stereocenters. The number of para-hydroxylation sites is 2. The van der Waals surface area contributed by atoms with Crippen LogP contribution in [0.5, 0.6) is 11.5 Å². The van der Waals surface area contributed by atoms with Crippen LogP contribution in [0.4, 0.5) is 0 Å². The molecule has 4 rings (SSSR count). The van der Waals surface area contributed by atoms with E-state index in [1.54, 1.807) is 14.2 Å². The van der Waals surface area contributed by atoms with E-state index in [9.17, 15) is 4.79 Å². The number of nitrogens with zero attached hydrogens (tertiary/aromatic N) is 2. The zero-order chi connectivity index (χ0) is 19.5. The van der Waals surface area contributed by atoms with Crippen molar-refractivity contribution in [1.29, 1.82) is 0 Å². The Labute approximate surface area is 163 Å². The first kappa shape index (κ1) is 17.9. The minimum atomic E-state index is -0.0205. The first-order valence-electron chi connectivity index (χ1n) is 9.13. The molecule has 0 radical (unpaired) electrons. The lowest BCUT2D eigenvalue weighted by atomic mass is 10.2. The van der Waals surface area contributed by atoms with Gasteiger partial charge in [0, 0.05) is 0 Å². The van der Waals surface area contributed by atoms with Crippen molar-refractivity contribution >= 4 is 11.0 Å². The van der Waals surface area contributed by atoms with Gasteiger partial charge < -0.3 is 9.47 Å². The van der Waals surface area contributed by atoms with Crippen molar-refractivity contribution in [2.24, 2.45) is 0 Å². The molecule has 0 spiro atoms. The van der Waals surface area contributed by atoms with Gasteiger partial charge in [0.05, 0.1) is 38.3 Å². The van der Waals surface area contributed by atoms with Crippen LogP contribution in [0.15, 0.2) is 77.6 Å². The molecule has 5 heteroatoms. The molecule has 142 valence electrons. The first-order chi connectivity index (χ1) is 13.7. The van der Waals surface area contributed by atoms with E-state index >= 15 is 0 Å². The maximum Gasteiger partial charge on any atom is 0.329 e. The number of benzene rings is 3. The van der Waals surface area contributed by atoms with Crippen LogP contribution in [-0.4, -0.2) is 23.4 Å². The third kappa shape index (κ3) is 3.39. The highest BCUT2D eigenvalue weighted by Crippen LogP contribution is 2.18. The number of ether oxygens (including phenoxy) is 2. The molecule has 4 aromatic rings. The second-order valence-electron chi connectivity index (χ2n) is 6.64. The van der Waals surface area contributed by atoms with E-state index in [0.29, 0.717) is 13.1 Å². The van der Waals surface area contributed by atoms with Gasteiger partial charge in [-0.1, -0.05) is 36.4 Å². The lowest BCUT2D eigenvalue weighted by Gasteiger charge is -2.06. The fourth-order valence-corrected chi connectivity index (χ4v) is 3.41. The maximum atomic E-state index is 13.2. The average molecular weight is 374 g/mol. The smallest absolute Gasteiger partial charge is 0.329 e. The van der Waals surface area contributed by atoms with Gasteiger partial charge in [-0.2, -0.15) is 0 Å². The molecule has 1 heterocycles. The van der Waals surface area contributed by atoms with E-state index in [1.165, 1.54) is 0 Å². The molecule has 0 aliphatic carbocycles. The summed E-state index contributed by atoms with van der Waals surface area (Å²) in [4.78, 5) is 13.2. The molecule has 0 unspecified atom stereocenters. The van der Waals surface area contributed by atoms with Crippen molar-refractivity contribution in [1.82, 2.24) is 9.13 Å². The van der Waals surface area contributed by atoms with E-state index < -0.39 is 0 Å². The van der Waals surface area contributed by atoms with Gasteiger partial charge in [0.1, 0.15) is 11.5 Å². The Morgan fingerprint density at radius 1 is 0.643 bits per heavy atom. The Bertz CT molecular complexity index is 1050. The quantitative estimate of drug-likeness (QED) is 0.514. The topological polar surface area (TPSA) is 45.4 Å². The monoisotopic (exact) mass is 374 g/mol. The third-order valence-electron chi connectivity index (χ3n) is 4.92. The first-order valence-corrected chi connectivity index (χ1v) is 9.13. The molecule has 5 nitrogen and oxygen atoms in total. The second kappa shape index (κ2) is 7.64. The van der Waals surface area contributed by atoms with Crippen LogP contribution in [0.1, 0.15) is 11.1 Å². The van der Waals surface area contributed by atoms with Gasteiger partial charge >= 0.3 is 5.69 Å². The van der Waals surface area contributed by atoms with E-state index in [4.69, 9.17) is 9.47 Å². The van der Waals surface area contributed by atoms with Crippen LogP contribution in [0.25, 0.3) is 11.0 Å². The molecule has 0 aliphatic heterocycles. The van der Waals surface area contributed by atoms with Crippen LogP contribution in [0, 0.1) is 0 Å². The van der Waals surface area contributed by atoms with Crippen molar-refractivity contribution in [3.63, 3.8) is 0 Å². The second-order valence-corrected chi connectivity index (χ2v) is 6.64. The highest BCUT2D eigenvalue weighted by Gasteiger charge is 2.13. The van der Waals surface area contributed by atoms with E-state index in [0.717, 1.165) is 33.7 Å². The molecule has 3 aromatic carbocycles. The molecule has 0 N–H and O–H groups in total. The van der Waals surface area contributed by atoms with Crippen molar-refractivity contribution < 1.29 is 9.47 Å². The minimum absolute atomic E-state index is 0.0205. The Hall–Kier alpha value is -3.47. The molecule has 0 saturated carbocycles. The molecule has 0 aliphatic rings. The number of imidazole rings is 1. The van der Waals surface area contributed by atoms with Crippen LogP contribution in [0.2, 0.25) is 0 Å². The predicted molar refractivity (Wildman–Crippen MR) is 110 cm³/mol. The number of rotatable bonds is 6. The van der Waals surface area contributed by atoms with E-state index in [-0.39, 0.29) is 5.69 Å². The maximum absolute atomic E-state index is 13.2. The van der Waals surface area contributed by atoms with Crippen LogP contribution in [0.3, 0.4) is 0 Å². The van der Waals surface area contributed by atoms with Gasteiger partial charge in [-0.15, -0.1) is 0 Å². The molecule has 0 fully saturated rings. The Kier molecular flexibility index (Phi) is 4.89. The molecular formula is C23H22N2O3. The zero-order valence-corrected chi connectivity index (χ0v) is 16.0. The van der Waals surface area contributed by atoms with Crippen molar-refractivity contribution in [2.45, 2.75) is 13.1 Å². The molecular weight excluding hydrogens is 352 g/mol. The summed E-state index contributed by atoms with van der Waals surface area (Å²) in [6.07, 6.45) is 0. The van der Waals surface area contributed by atoms with Crippen molar-refractivity contribution in [3.05, 3.63) is 94.4 Å². The summed E-state index contributed by atoms with van der Waals surface area (Å²) in [6.45, 7) is 1.03. The lowest BCUT2D eigenvalue weighted by Crippen LogP contribution is -2.25. The zero-order valence-electron chi connectivity index (χ0n) is 16.0. The van der Waals surface area contributed by atoms with Crippen molar-refractivity contribution in [3.8, 4) is 11.5 Å². The SMILES string of the molecule is COc1ccc(Cn2c(=O)n(Cc3ccc(OC)cc3)c3ccccc32)cc1. The number of methoxy groups -OCH3 is 2. The average Bonchev–Trinajstić information content (AvgIpc) is 3.01. The minimum Gasteiger partial charge on any atom is -0.497 e. The summed E-state index contributed by atoms with van der Waals surface area (Å²) in [5, 5.41) is 0. The molecule has 0 saturated heterocycles. The standard InChI is InChI=1S/C23H22N2O3/c1-27-19-11-7-17(8-12-19)15-24-21-5-3-4-6-22(21)25(23(24)26)16-18-9-13-20(28-2)14-10-18/h3-14H,15-16H2,1-2H3.